The Morgan fingerprint density at radius 1 is 1.11 bits per heavy atom. The molecular formula is C27H26N4O4S. The van der Waals surface area contributed by atoms with Gasteiger partial charge in [-0.25, -0.2) is 0 Å². The number of ether oxygens (including phenoxy) is 1. The van der Waals surface area contributed by atoms with Crippen molar-refractivity contribution < 1.29 is 19.1 Å². The number of hydrogen-bond acceptors (Lipinski definition) is 5. The van der Waals surface area contributed by atoms with E-state index in [0.29, 0.717) is 29.4 Å². The molecule has 8 nitrogen and oxygen atoms in total. The summed E-state index contributed by atoms with van der Waals surface area (Å²) in [6, 6.07) is 18.3. The van der Waals surface area contributed by atoms with Gasteiger partial charge in [-0.2, -0.15) is 0 Å². The predicted octanol–water partition coefficient (Wildman–Crippen LogP) is 4.41. The minimum absolute atomic E-state index is 0.185. The molecule has 0 saturated heterocycles. The maximum absolute atomic E-state index is 13.9. The number of carbonyl (C=O) groups is 3. The second kappa shape index (κ2) is 9.16. The SMILES string of the molecule is COc1ccccc1CNC(=O)[C@@]1(C)Cn2c(cc3ccsc32)C(=O)N1c1ccc(NC(C)=O)cc1. The Bertz CT molecular complexity index is 1470. The van der Waals surface area contributed by atoms with Gasteiger partial charge in [-0.05, 0) is 54.8 Å². The third-order valence-electron chi connectivity index (χ3n) is 6.45. The van der Waals surface area contributed by atoms with Gasteiger partial charge in [-0.1, -0.05) is 18.2 Å². The lowest BCUT2D eigenvalue weighted by Gasteiger charge is -2.44. The molecule has 2 aromatic heterocycles. The fourth-order valence-corrected chi connectivity index (χ4v) is 5.61. The van der Waals surface area contributed by atoms with Crippen LogP contribution in [-0.2, 0) is 22.7 Å². The van der Waals surface area contributed by atoms with Crippen LogP contribution in [0.4, 0.5) is 11.4 Å². The lowest BCUT2D eigenvalue weighted by atomic mass is 9.93. The number of fused-ring (bicyclic) bond motifs is 3. The molecule has 1 aliphatic rings. The second-order valence-electron chi connectivity index (χ2n) is 8.93. The maximum atomic E-state index is 13.9. The van der Waals surface area contributed by atoms with Crippen LogP contribution in [0.2, 0.25) is 0 Å². The van der Waals surface area contributed by atoms with E-state index in [9.17, 15) is 14.4 Å². The van der Waals surface area contributed by atoms with Crippen LogP contribution < -0.4 is 20.3 Å². The van der Waals surface area contributed by atoms with Crippen LogP contribution >= 0.6 is 11.3 Å². The molecule has 36 heavy (non-hydrogen) atoms. The summed E-state index contributed by atoms with van der Waals surface area (Å²) in [5.41, 5.74) is 1.35. The molecule has 2 aromatic carbocycles. The van der Waals surface area contributed by atoms with Crippen molar-refractivity contribution in [3.63, 3.8) is 0 Å². The lowest BCUT2D eigenvalue weighted by Crippen LogP contribution is -2.64. The summed E-state index contributed by atoms with van der Waals surface area (Å²) in [7, 11) is 1.59. The van der Waals surface area contributed by atoms with Crippen molar-refractivity contribution in [1.82, 2.24) is 9.88 Å². The van der Waals surface area contributed by atoms with Crippen molar-refractivity contribution in [2.75, 3.05) is 17.3 Å². The van der Waals surface area contributed by atoms with E-state index in [1.165, 1.54) is 6.92 Å². The summed E-state index contributed by atoms with van der Waals surface area (Å²) in [4.78, 5) is 41.7. The zero-order chi connectivity index (χ0) is 25.4. The number of thiophene rings is 1. The number of nitrogens with zero attached hydrogens (tertiary/aromatic N) is 2. The Labute approximate surface area is 212 Å². The zero-order valence-corrected chi connectivity index (χ0v) is 21.0. The highest BCUT2D eigenvalue weighted by atomic mass is 32.1. The van der Waals surface area contributed by atoms with Crippen molar-refractivity contribution in [2.24, 2.45) is 0 Å². The quantitative estimate of drug-likeness (QED) is 0.409. The number of benzene rings is 2. The van der Waals surface area contributed by atoms with Gasteiger partial charge >= 0.3 is 0 Å². The molecule has 0 radical (unpaired) electrons. The smallest absolute Gasteiger partial charge is 0.275 e. The average Bonchev–Trinajstić information content (AvgIpc) is 3.46. The standard InChI is InChI=1S/C27H26N4O4S/c1-17(32)29-20-8-10-21(11-9-20)31-24(33)22-14-18-12-13-36-25(18)30(22)16-27(31,2)26(34)28-15-19-6-4-5-7-23(19)35-3/h4-14H,15-16H2,1-3H3,(H,28,34)(H,29,32)/t27-/m1/s1. The number of amides is 3. The first kappa shape index (κ1) is 23.6. The van der Waals surface area contributed by atoms with Crippen molar-refractivity contribution in [2.45, 2.75) is 32.5 Å². The molecule has 3 amide bonds. The molecular weight excluding hydrogens is 476 g/mol. The third kappa shape index (κ3) is 4.01. The largest absolute Gasteiger partial charge is 0.496 e. The molecule has 4 aromatic rings. The van der Waals surface area contributed by atoms with Crippen LogP contribution in [0.1, 0.15) is 29.9 Å². The molecule has 5 rings (SSSR count). The molecule has 184 valence electrons. The first-order valence-corrected chi connectivity index (χ1v) is 12.4. The molecule has 0 spiro atoms. The molecule has 0 aliphatic carbocycles. The molecule has 0 unspecified atom stereocenters. The van der Waals surface area contributed by atoms with E-state index >= 15 is 0 Å². The molecule has 2 N–H and O–H groups in total. The van der Waals surface area contributed by atoms with Crippen LogP contribution in [-0.4, -0.2) is 34.9 Å². The molecule has 9 heteroatoms. The van der Waals surface area contributed by atoms with E-state index in [2.05, 4.69) is 10.6 Å². The molecule has 1 atom stereocenters. The number of anilines is 2. The Morgan fingerprint density at radius 3 is 2.58 bits per heavy atom. The van der Waals surface area contributed by atoms with Crippen molar-refractivity contribution in [3.8, 4) is 5.75 Å². The Morgan fingerprint density at radius 2 is 1.86 bits per heavy atom. The van der Waals surface area contributed by atoms with E-state index in [0.717, 1.165) is 15.8 Å². The van der Waals surface area contributed by atoms with Gasteiger partial charge in [0.15, 0.2) is 0 Å². The van der Waals surface area contributed by atoms with Crippen LogP contribution in [0.3, 0.4) is 0 Å². The number of nitrogens with one attached hydrogen (secondary N) is 2. The van der Waals surface area contributed by atoms with E-state index in [1.807, 2.05) is 46.3 Å². The van der Waals surface area contributed by atoms with Crippen molar-refractivity contribution >= 4 is 50.6 Å². The van der Waals surface area contributed by atoms with Gasteiger partial charge in [0.1, 0.15) is 21.8 Å². The van der Waals surface area contributed by atoms with Crippen LogP contribution in [0.25, 0.3) is 10.2 Å². The summed E-state index contributed by atoms with van der Waals surface area (Å²) in [6.07, 6.45) is 0. The second-order valence-corrected chi connectivity index (χ2v) is 9.83. The van der Waals surface area contributed by atoms with Crippen molar-refractivity contribution in [3.05, 3.63) is 77.3 Å². The minimum Gasteiger partial charge on any atom is -0.496 e. The zero-order valence-electron chi connectivity index (χ0n) is 20.2. The summed E-state index contributed by atoms with van der Waals surface area (Å²) in [5, 5.41) is 8.72. The van der Waals surface area contributed by atoms with Crippen LogP contribution in [0.15, 0.2) is 66.0 Å². The number of carbonyl (C=O) groups excluding carboxylic acids is 3. The van der Waals surface area contributed by atoms with Gasteiger partial charge in [0.05, 0.1) is 13.7 Å². The fraction of sp³-hybridized carbons (Fsp3) is 0.222. The number of hydrogen-bond donors (Lipinski definition) is 2. The lowest BCUT2D eigenvalue weighted by molar-refractivity contribution is -0.126. The summed E-state index contributed by atoms with van der Waals surface area (Å²) >= 11 is 1.55. The van der Waals surface area contributed by atoms with Gasteiger partial charge in [-0.3, -0.25) is 19.3 Å². The highest BCUT2D eigenvalue weighted by Gasteiger charge is 2.48. The number of para-hydroxylation sites is 1. The van der Waals surface area contributed by atoms with E-state index < -0.39 is 5.54 Å². The van der Waals surface area contributed by atoms with Gasteiger partial charge in [-0.15, -0.1) is 11.3 Å². The topological polar surface area (TPSA) is 92.7 Å². The van der Waals surface area contributed by atoms with E-state index in [1.54, 1.807) is 54.5 Å². The van der Waals surface area contributed by atoms with E-state index in [4.69, 9.17) is 4.74 Å². The van der Waals surface area contributed by atoms with Crippen LogP contribution in [0, 0.1) is 0 Å². The van der Waals surface area contributed by atoms with Gasteiger partial charge in [0.2, 0.25) is 11.8 Å². The molecule has 0 bridgehead atoms. The average molecular weight is 503 g/mol. The molecule has 3 heterocycles. The molecule has 0 saturated carbocycles. The Hall–Kier alpha value is -4.11. The first-order chi connectivity index (χ1) is 17.3. The highest BCUT2D eigenvalue weighted by Crippen LogP contribution is 2.37. The van der Waals surface area contributed by atoms with Crippen LogP contribution in [0.5, 0.6) is 5.75 Å². The maximum Gasteiger partial charge on any atom is 0.275 e. The molecule has 0 fully saturated rings. The summed E-state index contributed by atoms with van der Waals surface area (Å²) < 4.78 is 7.36. The fourth-order valence-electron chi connectivity index (χ4n) is 4.71. The highest BCUT2D eigenvalue weighted by molar-refractivity contribution is 7.16. The number of rotatable bonds is 6. The Kier molecular flexibility index (Phi) is 6.01. The number of aromatic nitrogens is 1. The Balaban J connectivity index is 1.53. The van der Waals surface area contributed by atoms with Gasteiger partial charge in [0.25, 0.3) is 5.91 Å². The first-order valence-electron chi connectivity index (χ1n) is 11.5. The third-order valence-corrected chi connectivity index (χ3v) is 7.40. The summed E-state index contributed by atoms with van der Waals surface area (Å²) in [6.45, 7) is 3.77. The van der Waals surface area contributed by atoms with E-state index in [-0.39, 0.29) is 24.3 Å². The molecule has 1 aliphatic heterocycles. The van der Waals surface area contributed by atoms with Gasteiger partial charge < -0.3 is 19.9 Å². The predicted molar refractivity (Wildman–Crippen MR) is 141 cm³/mol. The minimum atomic E-state index is -1.21. The number of methoxy groups -OCH3 is 1. The monoisotopic (exact) mass is 502 g/mol. The normalized spacial score (nSPS) is 17.1. The van der Waals surface area contributed by atoms with Gasteiger partial charge in [0, 0.05) is 35.8 Å². The van der Waals surface area contributed by atoms with Crippen molar-refractivity contribution in [1.29, 1.82) is 0 Å². The summed E-state index contributed by atoms with van der Waals surface area (Å²) in [5.74, 6) is -0.0417.